The molecular formula is C19H30N2O3. The van der Waals surface area contributed by atoms with Gasteiger partial charge in [0.25, 0.3) is 0 Å². The van der Waals surface area contributed by atoms with Gasteiger partial charge in [0, 0.05) is 32.0 Å². The lowest BCUT2D eigenvalue weighted by Gasteiger charge is -2.31. The Kier molecular flexibility index (Phi) is 7.69. The van der Waals surface area contributed by atoms with Crippen LogP contribution in [0.25, 0.3) is 0 Å². The number of carbonyl (C=O) groups is 1. The molecule has 1 saturated heterocycles. The van der Waals surface area contributed by atoms with Gasteiger partial charge in [0.1, 0.15) is 0 Å². The van der Waals surface area contributed by atoms with Gasteiger partial charge in [-0.1, -0.05) is 26.0 Å². The third-order valence-corrected chi connectivity index (χ3v) is 4.39. The molecule has 0 aliphatic carbocycles. The smallest absolute Gasteiger partial charge is 0.238 e. The maximum absolute atomic E-state index is 12.2. The quantitative estimate of drug-likeness (QED) is 0.718. The molecule has 1 aromatic rings. The van der Waals surface area contributed by atoms with Crippen molar-refractivity contribution in [1.82, 2.24) is 4.90 Å². The van der Waals surface area contributed by atoms with Crippen molar-refractivity contribution in [1.29, 1.82) is 0 Å². The lowest BCUT2D eigenvalue weighted by atomic mass is 10.0. The molecule has 0 bridgehead atoms. The van der Waals surface area contributed by atoms with E-state index >= 15 is 0 Å². The van der Waals surface area contributed by atoms with Gasteiger partial charge >= 0.3 is 0 Å². The molecule has 0 spiro atoms. The van der Waals surface area contributed by atoms with Crippen molar-refractivity contribution >= 4 is 11.6 Å². The highest BCUT2D eigenvalue weighted by Gasteiger charge is 2.21. The minimum Gasteiger partial charge on any atom is -0.396 e. The molecule has 5 nitrogen and oxygen atoms in total. The third-order valence-electron chi connectivity index (χ3n) is 4.39. The van der Waals surface area contributed by atoms with Gasteiger partial charge < -0.3 is 15.2 Å². The summed E-state index contributed by atoms with van der Waals surface area (Å²) in [5.41, 5.74) is 2.10. The number of piperidine rings is 1. The SMILES string of the molecule is CC(C)c1cccc(NC(=O)CN2CCC(OCCCO)CC2)c1. The largest absolute Gasteiger partial charge is 0.396 e. The van der Waals surface area contributed by atoms with Crippen molar-refractivity contribution in [3.63, 3.8) is 0 Å². The second kappa shape index (κ2) is 9.77. The Labute approximate surface area is 145 Å². The molecule has 5 heteroatoms. The van der Waals surface area contributed by atoms with Crippen molar-refractivity contribution in [3.05, 3.63) is 29.8 Å². The van der Waals surface area contributed by atoms with Crippen LogP contribution in [-0.2, 0) is 9.53 Å². The van der Waals surface area contributed by atoms with Crippen LogP contribution in [0.2, 0.25) is 0 Å². The summed E-state index contributed by atoms with van der Waals surface area (Å²) in [6.07, 6.45) is 2.85. The fourth-order valence-electron chi connectivity index (χ4n) is 2.93. The fraction of sp³-hybridized carbons (Fsp3) is 0.632. The van der Waals surface area contributed by atoms with Crippen LogP contribution in [0, 0.1) is 0 Å². The number of rotatable bonds is 8. The van der Waals surface area contributed by atoms with E-state index in [-0.39, 0.29) is 18.6 Å². The number of nitrogens with zero attached hydrogens (tertiary/aromatic N) is 1. The summed E-state index contributed by atoms with van der Waals surface area (Å²) in [4.78, 5) is 14.4. The molecule has 24 heavy (non-hydrogen) atoms. The zero-order valence-corrected chi connectivity index (χ0v) is 14.8. The zero-order chi connectivity index (χ0) is 17.4. The number of amides is 1. The first-order chi connectivity index (χ1) is 11.6. The summed E-state index contributed by atoms with van der Waals surface area (Å²) >= 11 is 0. The van der Waals surface area contributed by atoms with E-state index in [4.69, 9.17) is 9.84 Å². The summed E-state index contributed by atoms with van der Waals surface area (Å²) in [7, 11) is 0. The molecule has 1 aromatic carbocycles. The highest BCUT2D eigenvalue weighted by Crippen LogP contribution is 2.19. The number of hydrogen-bond donors (Lipinski definition) is 2. The average molecular weight is 334 g/mol. The number of ether oxygens (including phenoxy) is 1. The minimum absolute atomic E-state index is 0.0376. The highest BCUT2D eigenvalue weighted by atomic mass is 16.5. The van der Waals surface area contributed by atoms with Gasteiger partial charge in [-0.15, -0.1) is 0 Å². The maximum atomic E-state index is 12.2. The number of anilines is 1. The van der Waals surface area contributed by atoms with Crippen LogP contribution in [0.4, 0.5) is 5.69 Å². The van der Waals surface area contributed by atoms with Crippen LogP contribution in [-0.4, -0.2) is 54.9 Å². The fourth-order valence-corrected chi connectivity index (χ4v) is 2.93. The number of aliphatic hydroxyl groups is 1. The van der Waals surface area contributed by atoms with Gasteiger partial charge in [0.15, 0.2) is 0 Å². The molecule has 0 atom stereocenters. The Balaban J connectivity index is 1.73. The van der Waals surface area contributed by atoms with Crippen LogP contribution in [0.3, 0.4) is 0 Å². The molecule has 0 saturated carbocycles. The summed E-state index contributed by atoms with van der Waals surface area (Å²) in [5.74, 6) is 0.488. The first-order valence-electron chi connectivity index (χ1n) is 8.93. The van der Waals surface area contributed by atoms with Crippen LogP contribution < -0.4 is 5.32 Å². The van der Waals surface area contributed by atoms with E-state index < -0.39 is 0 Å². The predicted octanol–water partition coefficient (Wildman–Crippen LogP) is 2.61. The summed E-state index contributed by atoms with van der Waals surface area (Å²) in [5, 5.41) is 11.8. The molecule has 0 unspecified atom stereocenters. The van der Waals surface area contributed by atoms with Gasteiger partial charge in [-0.05, 0) is 42.9 Å². The normalized spacial score (nSPS) is 16.5. The molecule has 1 heterocycles. The molecule has 1 amide bonds. The highest BCUT2D eigenvalue weighted by molar-refractivity contribution is 5.92. The van der Waals surface area contributed by atoms with Gasteiger partial charge in [-0.25, -0.2) is 0 Å². The van der Waals surface area contributed by atoms with E-state index in [9.17, 15) is 4.79 Å². The van der Waals surface area contributed by atoms with Crippen molar-refractivity contribution in [2.45, 2.75) is 45.1 Å². The van der Waals surface area contributed by atoms with Gasteiger partial charge in [-0.2, -0.15) is 0 Å². The van der Waals surface area contributed by atoms with Gasteiger partial charge in [-0.3, -0.25) is 9.69 Å². The first-order valence-corrected chi connectivity index (χ1v) is 8.93. The first kappa shape index (κ1) is 18.9. The Morgan fingerprint density at radius 2 is 2.12 bits per heavy atom. The number of likely N-dealkylation sites (tertiary alicyclic amines) is 1. The molecule has 2 N–H and O–H groups in total. The van der Waals surface area contributed by atoms with Crippen molar-refractivity contribution < 1.29 is 14.6 Å². The molecule has 1 aliphatic rings. The molecule has 134 valence electrons. The second-order valence-electron chi connectivity index (χ2n) is 6.75. The topological polar surface area (TPSA) is 61.8 Å². The van der Waals surface area contributed by atoms with E-state index in [1.165, 1.54) is 5.56 Å². The maximum Gasteiger partial charge on any atom is 0.238 e. The summed E-state index contributed by atoms with van der Waals surface area (Å²) in [6, 6.07) is 8.05. The van der Waals surface area contributed by atoms with E-state index in [1.807, 2.05) is 18.2 Å². The Hall–Kier alpha value is -1.43. The Morgan fingerprint density at radius 3 is 2.79 bits per heavy atom. The monoisotopic (exact) mass is 334 g/mol. The lowest BCUT2D eigenvalue weighted by molar-refractivity contribution is -0.118. The molecule has 0 radical (unpaired) electrons. The Morgan fingerprint density at radius 1 is 1.38 bits per heavy atom. The second-order valence-corrected chi connectivity index (χ2v) is 6.75. The van der Waals surface area contributed by atoms with Gasteiger partial charge in [0.2, 0.25) is 5.91 Å². The number of aliphatic hydroxyl groups excluding tert-OH is 1. The molecule has 1 aliphatic heterocycles. The van der Waals surface area contributed by atoms with Crippen LogP contribution in [0.5, 0.6) is 0 Å². The van der Waals surface area contributed by atoms with Crippen molar-refractivity contribution in [2.75, 3.05) is 38.2 Å². The molecular weight excluding hydrogens is 304 g/mol. The zero-order valence-electron chi connectivity index (χ0n) is 14.8. The van der Waals surface area contributed by atoms with E-state index in [0.717, 1.165) is 31.6 Å². The number of nitrogens with one attached hydrogen (secondary N) is 1. The van der Waals surface area contributed by atoms with Crippen LogP contribution >= 0.6 is 0 Å². The summed E-state index contributed by atoms with van der Waals surface area (Å²) in [6.45, 7) is 7.27. The molecule has 2 rings (SSSR count). The van der Waals surface area contributed by atoms with Crippen LogP contribution in [0.1, 0.15) is 44.6 Å². The average Bonchev–Trinajstić information content (AvgIpc) is 2.57. The predicted molar refractivity (Wildman–Crippen MR) is 96.3 cm³/mol. The van der Waals surface area contributed by atoms with Crippen LogP contribution in [0.15, 0.2) is 24.3 Å². The van der Waals surface area contributed by atoms with E-state index in [0.29, 0.717) is 25.5 Å². The van der Waals surface area contributed by atoms with Gasteiger partial charge in [0.05, 0.1) is 12.6 Å². The van der Waals surface area contributed by atoms with Crippen molar-refractivity contribution in [3.8, 4) is 0 Å². The Bertz CT molecular complexity index is 511. The molecule has 0 aromatic heterocycles. The minimum atomic E-state index is 0.0376. The van der Waals surface area contributed by atoms with E-state index in [1.54, 1.807) is 0 Å². The number of hydrogen-bond acceptors (Lipinski definition) is 4. The third kappa shape index (κ3) is 6.23. The molecule has 1 fully saturated rings. The van der Waals surface area contributed by atoms with Crippen molar-refractivity contribution in [2.24, 2.45) is 0 Å². The summed E-state index contributed by atoms with van der Waals surface area (Å²) < 4.78 is 5.72. The standard InChI is InChI=1S/C19H30N2O3/c1-15(2)16-5-3-6-17(13-16)20-19(23)14-21-9-7-18(8-10-21)24-12-4-11-22/h3,5-6,13,15,18,22H,4,7-12,14H2,1-2H3,(H,20,23). The number of benzene rings is 1. The lowest BCUT2D eigenvalue weighted by Crippen LogP contribution is -2.41. The van der Waals surface area contributed by atoms with E-state index in [2.05, 4.69) is 30.1 Å². The number of carbonyl (C=O) groups excluding carboxylic acids is 1.